The van der Waals surface area contributed by atoms with E-state index in [4.69, 9.17) is 16.3 Å². The number of halogens is 1. The maximum atomic E-state index is 12.8. The molecular formula is C18H18ClN3O6S. The summed E-state index contributed by atoms with van der Waals surface area (Å²) in [6.07, 6.45) is 0. The van der Waals surface area contributed by atoms with E-state index in [1.807, 2.05) is 0 Å². The molecule has 2 aromatic rings. The highest BCUT2D eigenvalue weighted by Crippen LogP contribution is 2.26. The minimum Gasteiger partial charge on any atom is -0.496 e. The summed E-state index contributed by atoms with van der Waals surface area (Å²) in [5.41, 5.74) is 0.0432. The van der Waals surface area contributed by atoms with Gasteiger partial charge in [0.2, 0.25) is 10.0 Å². The molecule has 3 rings (SSSR count). The van der Waals surface area contributed by atoms with Gasteiger partial charge in [-0.1, -0.05) is 17.7 Å². The summed E-state index contributed by atoms with van der Waals surface area (Å²) in [6.45, 7) is 0.511. The molecule has 1 heterocycles. The second-order valence-corrected chi connectivity index (χ2v) is 8.67. The van der Waals surface area contributed by atoms with Crippen molar-refractivity contribution in [2.45, 2.75) is 4.90 Å². The third-order valence-electron chi connectivity index (χ3n) is 4.59. The van der Waals surface area contributed by atoms with Crippen molar-refractivity contribution in [1.82, 2.24) is 9.21 Å². The Morgan fingerprint density at radius 3 is 2.45 bits per heavy atom. The van der Waals surface area contributed by atoms with E-state index in [1.165, 1.54) is 40.6 Å². The molecule has 0 spiro atoms. The molecule has 11 heteroatoms. The van der Waals surface area contributed by atoms with Gasteiger partial charge in [0.05, 0.1) is 22.5 Å². The van der Waals surface area contributed by atoms with E-state index < -0.39 is 14.9 Å². The highest BCUT2D eigenvalue weighted by atomic mass is 35.5. The zero-order valence-corrected chi connectivity index (χ0v) is 17.0. The Hall–Kier alpha value is -2.69. The Morgan fingerprint density at radius 1 is 1.14 bits per heavy atom. The lowest BCUT2D eigenvalue weighted by Gasteiger charge is -2.34. The number of methoxy groups -OCH3 is 1. The fraction of sp³-hybridized carbons (Fsp3) is 0.278. The number of hydrogen-bond donors (Lipinski definition) is 0. The molecule has 2 aromatic carbocycles. The van der Waals surface area contributed by atoms with Gasteiger partial charge in [0.25, 0.3) is 11.6 Å². The standard InChI is InChI=1S/C18H18ClN3O6S/c1-28-17-11-13(19)5-6-16(17)18(23)20-7-9-21(10-8-20)29(26,27)15-4-2-3-14(12-15)22(24)25/h2-6,11-12H,7-10H2,1H3. The van der Waals surface area contributed by atoms with Crippen molar-refractivity contribution in [3.05, 3.63) is 63.2 Å². The van der Waals surface area contributed by atoms with Crippen molar-refractivity contribution >= 4 is 33.2 Å². The van der Waals surface area contributed by atoms with Crippen LogP contribution in [0.2, 0.25) is 5.02 Å². The summed E-state index contributed by atoms with van der Waals surface area (Å²) in [4.78, 5) is 24.5. The van der Waals surface area contributed by atoms with Gasteiger partial charge in [0.1, 0.15) is 5.75 Å². The van der Waals surface area contributed by atoms with Gasteiger partial charge in [-0.25, -0.2) is 8.42 Å². The molecule has 1 aliphatic rings. The predicted octanol–water partition coefficient (Wildman–Crippen LogP) is 2.40. The second kappa shape index (κ2) is 8.36. The van der Waals surface area contributed by atoms with Crippen LogP contribution in [0.25, 0.3) is 0 Å². The fourth-order valence-electron chi connectivity index (χ4n) is 3.05. The number of rotatable bonds is 5. The molecule has 29 heavy (non-hydrogen) atoms. The summed E-state index contributed by atoms with van der Waals surface area (Å²) >= 11 is 5.92. The van der Waals surface area contributed by atoms with Crippen LogP contribution in [0.15, 0.2) is 47.4 Å². The topological polar surface area (TPSA) is 110 Å². The maximum Gasteiger partial charge on any atom is 0.270 e. The van der Waals surface area contributed by atoms with Crippen LogP contribution in [-0.2, 0) is 10.0 Å². The van der Waals surface area contributed by atoms with Crippen LogP contribution in [0.1, 0.15) is 10.4 Å². The third-order valence-corrected chi connectivity index (χ3v) is 6.72. The molecule has 0 bridgehead atoms. The number of carbonyl (C=O) groups excluding carboxylic acids is 1. The van der Waals surface area contributed by atoms with Crippen molar-refractivity contribution in [2.24, 2.45) is 0 Å². The zero-order chi connectivity index (χ0) is 21.2. The van der Waals surface area contributed by atoms with Gasteiger partial charge in [-0.15, -0.1) is 0 Å². The first-order valence-corrected chi connectivity index (χ1v) is 10.4. The number of ether oxygens (including phenoxy) is 1. The number of sulfonamides is 1. The molecule has 154 valence electrons. The average molecular weight is 440 g/mol. The average Bonchev–Trinajstić information content (AvgIpc) is 2.73. The Labute approximate surface area is 172 Å². The highest BCUT2D eigenvalue weighted by Gasteiger charge is 2.32. The number of piperazine rings is 1. The lowest BCUT2D eigenvalue weighted by Crippen LogP contribution is -2.50. The van der Waals surface area contributed by atoms with E-state index in [2.05, 4.69) is 0 Å². The summed E-state index contributed by atoms with van der Waals surface area (Å²) in [6, 6.07) is 9.60. The third kappa shape index (κ3) is 4.34. The monoisotopic (exact) mass is 439 g/mol. The number of nitro benzene ring substituents is 1. The van der Waals surface area contributed by atoms with Crippen LogP contribution in [0, 0.1) is 10.1 Å². The molecule has 0 unspecified atom stereocenters. The number of nitro groups is 1. The Kier molecular flexibility index (Phi) is 6.06. The first-order chi connectivity index (χ1) is 13.7. The van der Waals surface area contributed by atoms with Gasteiger partial charge in [0.15, 0.2) is 0 Å². The Bertz CT molecular complexity index is 1050. The fourth-order valence-corrected chi connectivity index (χ4v) is 4.67. The van der Waals surface area contributed by atoms with E-state index in [0.717, 1.165) is 6.07 Å². The van der Waals surface area contributed by atoms with Gasteiger partial charge >= 0.3 is 0 Å². The first-order valence-electron chi connectivity index (χ1n) is 8.61. The quantitative estimate of drug-likeness (QED) is 0.522. The summed E-state index contributed by atoms with van der Waals surface area (Å²) in [7, 11) is -2.46. The number of non-ortho nitro benzene ring substituents is 1. The van der Waals surface area contributed by atoms with Gasteiger partial charge < -0.3 is 9.64 Å². The molecule has 1 aliphatic heterocycles. The van der Waals surface area contributed by atoms with Crippen molar-refractivity contribution in [3.8, 4) is 5.75 Å². The lowest BCUT2D eigenvalue weighted by atomic mass is 10.1. The summed E-state index contributed by atoms with van der Waals surface area (Å²) in [5, 5.41) is 11.4. The molecule has 1 saturated heterocycles. The van der Waals surface area contributed by atoms with Gasteiger partial charge in [0, 0.05) is 43.3 Å². The van der Waals surface area contributed by atoms with E-state index in [0.29, 0.717) is 16.3 Å². The number of carbonyl (C=O) groups is 1. The molecule has 0 aromatic heterocycles. The predicted molar refractivity (Wildman–Crippen MR) is 106 cm³/mol. The minimum atomic E-state index is -3.90. The molecule has 0 N–H and O–H groups in total. The SMILES string of the molecule is COc1cc(Cl)ccc1C(=O)N1CCN(S(=O)(=O)c2cccc([N+](=O)[O-])c2)CC1. The van der Waals surface area contributed by atoms with Gasteiger partial charge in [-0.05, 0) is 24.3 Å². The minimum absolute atomic E-state index is 0.0761. The zero-order valence-electron chi connectivity index (χ0n) is 15.4. The molecular weight excluding hydrogens is 422 g/mol. The Balaban J connectivity index is 1.74. The van der Waals surface area contributed by atoms with Crippen LogP contribution in [0.5, 0.6) is 5.75 Å². The van der Waals surface area contributed by atoms with Crippen molar-refractivity contribution in [3.63, 3.8) is 0 Å². The van der Waals surface area contributed by atoms with Crippen molar-refractivity contribution < 1.29 is 22.9 Å². The molecule has 0 saturated carbocycles. The van der Waals surface area contributed by atoms with E-state index in [-0.39, 0.29) is 42.7 Å². The summed E-state index contributed by atoms with van der Waals surface area (Å²) in [5.74, 6) is 0.0556. The number of amides is 1. The first kappa shape index (κ1) is 21.0. The normalized spacial score (nSPS) is 15.2. The second-order valence-electron chi connectivity index (χ2n) is 6.30. The molecule has 9 nitrogen and oxygen atoms in total. The molecule has 1 amide bonds. The van der Waals surface area contributed by atoms with Crippen LogP contribution >= 0.6 is 11.6 Å². The number of nitrogens with zero attached hydrogens (tertiary/aromatic N) is 3. The molecule has 0 radical (unpaired) electrons. The maximum absolute atomic E-state index is 12.8. The molecule has 1 fully saturated rings. The van der Waals surface area contributed by atoms with Crippen LogP contribution in [-0.4, -0.2) is 61.7 Å². The van der Waals surface area contributed by atoms with Crippen LogP contribution in [0.4, 0.5) is 5.69 Å². The number of benzene rings is 2. The smallest absolute Gasteiger partial charge is 0.270 e. The summed E-state index contributed by atoms with van der Waals surface area (Å²) < 4.78 is 32.0. The van der Waals surface area contributed by atoms with Crippen LogP contribution < -0.4 is 4.74 Å². The van der Waals surface area contributed by atoms with Crippen LogP contribution in [0.3, 0.4) is 0 Å². The molecule has 0 atom stereocenters. The lowest BCUT2D eigenvalue weighted by molar-refractivity contribution is -0.385. The van der Waals surface area contributed by atoms with Crippen molar-refractivity contribution in [2.75, 3.05) is 33.3 Å². The number of hydrogen-bond acceptors (Lipinski definition) is 6. The Morgan fingerprint density at radius 2 is 1.83 bits per heavy atom. The van der Waals surface area contributed by atoms with Crippen molar-refractivity contribution in [1.29, 1.82) is 0 Å². The largest absolute Gasteiger partial charge is 0.496 e. The van der Waals surface area contributed by atoms with Gasteiger partial charge in [-0.3, -0.25) is 14.9 Å². The van der Waals surface area contributed by atoms with Gasteiger partial charge in [-0.2, -0.15) is 4.31 Å². The van der Waals surface area contributed by atoms with E-state index in [1.54, 1.807) is 12.1 Å². The van der Waals surface area contributed by atoms with E-state index >= 15 is 0 Å². The van der Waals surface area contributed by atoms with E-state index in [9.17, 15) is 23.3 Å². The molecule has 0 aliphatic carbocycles. The highest BCUT2D eigenvalue weighted by molar-refractivity contribution is 7.89.